The molecule has 2 heterocycles. The predicted molar refractivity (Wildman–Crippen MR) is 119 cm³/mol. The van der Waals surface area contributed by atoms with Gasteiger partial charge in [0.1, 0.15) is 0 Å². The molecule has 0 radical (unpaired) electrons. The zero-order valence-corrected chi connectivity index (χ0v) is 18.6. The van der Waals surface area contributed by atoms with E-state index in [1.54, 1.807) is 23.3 Å². The number of amides is 2. The third kappa shape index (κ3) is 4.30. The summed E-state index contributed by atoms with van der Waals surface area (Å²) < 4.78 is 5.20. The third-order valence-corrected chi connectivity index (χ3v) is 7.33. The number of carbonyl (C=O) groups excluding carboxylic acids is 2. The molecule has 160 valence electrons. The molecule has 2 aliphatic rings. The van der Waals surface area contributed by atoms with Crippen LogP contribution in [0.5, 0.6) is 0 Å². The van der Waals surface area contributed by atoms with E-state index in [4.69, 9.17) is 4.74 Å². The van der Waals surface area contributed by atoms with Crippen LogP contribution in [0.2, 0.25) is 0 Å². The second-order valence-electron chi connectivity index (χ2n) is 8.33. The molecule has 30 heavy (non-hydrogen) atoms. The minimum Gasteiger partial charge on any atom is -0.383 e. The van der Waals surface area contributed by atoms with Crippen LogP contribution in [-0.2, 0) is 20.7 Å². The zero-order valence-electron chi connectivity index (χ0n) is 17.8. The minimum absolute atomic E-state index is 0.0150. The van der Waals surface area contributed by atoms with Crippen LogP contribution in [0.3, 0.4) is 0 Å². The van der Waals surface area contributed by atoms with Crippen molar-refractivity contribution >= 4 is 23.2 Å². The number of carbonyl (C=O) groups is 2. The first kappa shape index (κ1) is 21.1. The van der Waals surface area contributed by atoms with E-state index in [0.29, 0.717) is 19.7 Å². The van der Waals surface area contributed by atoms with Crippen molar-refractivity contribution in [1.82, 2.24) is 9.80 Å². The zero-order chi connectivity index (χ0) is 21.1. The molecule has 1 aromatic carbocycles. The average Bonchev–Trinajstić information content (AvgIpc) is 3.18. The highest BCUT2D eigenvalue weighted by atomic mass is 32.1. The Kier molecular flexibility index (Phi) is 6.54. The monoisotopic (exact) mass is 426 g/mol. The largest absolute Gasteiger partial charge is 0.383 e. The summed E-state index contributed by atoms with van der Waals surface area (Å²) in [6.45, 7) is 3.79. The van der Waals surface area contributed by atoms with E-state index in [1.165, 1.54) is 16.0 Å². The van der Waals surface area contributed by atoms with Crippen molar-refractivity contribution in [3.63, 3.8) is 0 Å². The Hall–Kier alpha value is -2.18. The Labute approximate surface area is 182 Å². The second-order valence-corrected chi connectivity index (χ2v) is 9.33. The van der Waals surface area contributed by atoms with Crippen LogP contribution < -0.4 is 0 Å². The Morgan fingerprint density at radius 3 is 2.63 bits per heavy atom. The standard InChI is InChI=1S/C24H30N2O3S/c1-17-6-8-18(9-7-17)23-20-11-15-30-21(20)10-12-26(23)22(27)16-25(13-14-29-2)24(28)19-4-3-5-19/h6-9,11,15,19,23H,3-5,10,12-14,16H2,1-2H3. The van der Waals surface area contributed by atoms with Crippen molar-refractivity contribution < 1.29 is 14.3 Å². The molecule has 1 aromatic heterocycles. The van der Waals surface area contributed by atoms with Gasteiger partial charge < -0.3 is 14.5 Å². The summed E-state index contributed by atoms with van der Waals surface area (Å²) in [5.74, 6) is 0.195. The van der Waals surface area contributed by atoms with Crippen molar-refractivity contribution in [2.45, 2.75) is 38.6 Å². The van der Waals surface area contributed by atoms with Crippen LogP contribution >= 0.6 is 11.3 Å². The van der Waals surface area contributed by atoms with Crippen molar-refractivity contribution in [3.8, 4) is 0 Å². The lowest BCUT2D eigenvalue weighted by Crippen LogP contribution is -2.49. The van der Waals surface area contributed by atoms with Gasteiger partial charge in [-0.05, 0) is 48.8 Å². The Balaban J connectivity index is 1.57. The SMILES string of the molecule is COCCN(CC(=O)N1CCc2sccc2C1c1ccc(C)cc1)C(=O)C1CCC1. The molecule has 2 amide bonds. The summed E-state index contributed by atoms with van der Waals surface area (Å²) in [5.41, 5.74) is 3.55. The molecule has 1 unspecified atom stereocenters. The number of rotatable bonds is 7. The topological polar surface area (TPSA) is 49.9 Å². The number of thiophene rings is 1. The summed E-state index contributed by atoms with van der Waals surface area (Å²) in [4.78, 5) is 31.4. The number of hydrogen-bond donors (Lipinski definition) is 0. The third-order valence-electron chi connectivity index (χ3n) is 6.34. The molecular formula is C24H30N2O3S. The van der Waals surface area contributed by atoms with E-state index in [0.717, 1.165) is 31.2 Å². The van der Waals surface area contributed by atoms with E-state index in [1.807, 2.05) is 4.90 Å². The molecule has 6 heteroatoms. The lowest BCUT2D eigenvalue weighted by atomic mass is 9.84. The average molecular weight is 427 g/mol. The first-order valence-corrected chi connectivity index (χ1v) is 11.7. The van der Waals surface area contributed by atoms with E-state index in [9.17, 15) is 9.59 Å². The Morgan fingerprint density at radius 2 is 1.97 bits per heavy atom. The molecular weight excluding hydrogens is 396 g/mol. The first-order valence-electron chi connectivity index (χ1n) is 10.8. The number of aryl methyl sites for hydroxylation is 1. The second kappa shape index (κ2) is 9.31. The van der Waals surface area contributed by atoms with Gasteiger partial charge in [-0.25, -0.2) is 0 Å². The number of methoxy groups -OCH3 is 1. The number of benzene rings is 1. The molecule has 0 saturated heterocycles. The van der Waals surface area contributed by atoms with E-state index in [-0.39, 0.29) is 30.3 Å². The molecule has 2 aromatic rings. The van der Waals surface area contributed by atoms with Crippen LogP contribution in [0.1, 0.15) is 46.9 Å². The maximum atomic E-state index is 13.5. The van der Waals surface area contributed by atoms with Gasteiger partial charge in [0.15, 0.2) is 0 Å². The minimum atomic E-state index is -0.0869. The van der Waals surface area contributed by atoms with Gasteiger partial charge in [0.2, 0.25) is 11.8 Å². The van der Waals surface area contributed by atoms with Gasteiger partial charge >= 0.3 is 0 Å². The van der Waals surface area contributed by atoms with Crippen LogP contribution in [0.4, 0.5) is 0 Å². The summed E-state index contributed by atoms with van der Waals surface area (Å²) in [7, 11) is 1.63. The van der Waals surface area contributed by atoms with Gasteiger partial charge in [-0.15, -0.1) is 11.3 Å². The molecule has 1 fully saturated rings. The summed E-state index contributed by atoms with van der Waals surface area (Å²) in [5, 5.41) is 2.12. The smallest absolute Gasteiger partial charge is 0.242 e. The van der Waals surface area contributed by atoms with Gasteiger partial charge in [0, 0.05) is 31.0 Å². The van der Waals surface area contributed by atoms with Crippen molar-refractivity contribution in [3.05, 3.63) is 57.3 Å². The summed E-state index contributed by atoms with van der Waals surface area (Å²) in [6, 6.07) is 10.5. The van der Waals surface area contributed by atoms with Gasteiger partial charge in [0.05, 0.1) is 19.2 Å². The quantitative estimate of drug-likeness (QED) is 0.677. The van der Waals surface area contributed by atoms with Gasteiger partial charge in [0.25, 0.3) is 0 Å². The highest BCUT2D eigenvalue weighted by molar-refractivity contribution is 7.10. The van der Waals surface area contributed by atoms with Crippen LogP contribution in [-0.4, -0.2) is 55.0 Å². The molecule has 1 aliphatic heterocycles. The molecule has 5 nitrogen and oxygen atoms in total. The lowest BCUT2D eigenvalue weighted by molar-refractivity contribution is -0.146. The summed E-state index contributed by atoms with van der Waals surface area (Å²) in [6.07, 6.45) is 3.84. The van der Waals surface area contributed by atoms with E-state index in [2.05, 4.69) is 42.6 Å². The molecule has 0 N–H and O–H groups in total. The fourth-order valence-corrected chi connectivity index (χ4v) is 5.23. The molecule has 1 aliphatic carbocycles. The van der Waals surface area contributed by atoms with Crippen molar-refractivity contribution in [2.75, 3.05) is 33.4 Å². The normalized spacial score (nSPS) is 18.6. The highest BCUT2D eigenvalue weighted by Gasteiger charge is 2.35. The molecule has 4 rings (SSSR count). The molecule has 1 saturated carbocycles. The molecule has 1 atom stereocenters. The van der Waals surface area contributed by atoms with E-state index < -0.39 is 0 Å². The van der Waals surface area contributed by atoms with Gasteiger partial charge in [-0.2, -0.15) is 0 Å². The van der Waals surface area contributed by atoms with Crippen molar-refractivity contribution in [2.24, 2.45) is 5.92 Å². The Morgan fingerprint density at radius 1 is 1.20 bits per heavy atom. The van der Waals surface area contributed by atoms with E-state index >= 15 is 0 Å². The van der Waals surface area contributed by atoms with Crippen LogP contribution in [0, 0.1) is 12.8 Å². The highest BCUT2D eigenvalue weighted by Crippen LogP contribution is 2.38. The Bertz CT molecular complexity index is 888. The van der Waals surface area contributed by atoms with Crippen molar-refractivity contribution in [1.29, 1.82) is 0 Å². The van der Waals surface area contributed by atoms with Crippen LogP contribution in [0.15, 0.2) is 35.7 Å². The number of hydrogen-bond acceptors (Lipinski definition) is 4. The van der Waals surface area contributed by atoms with Gasteiger partial charge in [-0.1, -0.05) is 36.2 Å². The fourth-order valence-electron chi connectivity index (χ4n) is 4.33. The summed E-state index contributed by atoms with van der Waals surface area (Å²) >= 11 is 1.77. The molecule has 0 spiro atoms. The van der Waals surface area contributed by atoms with Gasteiger partial charge in [-0.3, -0.25) is 9.59 Å². The maximum Gasteiger partial charge on any atom is 0.242 e. The number of fused-ring (bicyclic) bond motifs is 1. The van der Waals surface area contributed by atoms with Crippen LogP contribution in [0.25, 0.3) is 0 Å². The predicted octanol–water partition coefficient (Wildman–Crippen LogP) is 3.81. The maximum absolute atomic E-state index is 13.5. The number of ether oxygens (including phenoxy) is 1. The number of nitrogens with zero attached hydrogens (tertiary/aromatic N) is 2. The first-order chi connectivity index (χ1) is 14.6. The lowest BCUT2D eigenvalue weighted by Gasteiger charge is -2.38. The fraction of sp³-hybridized carbons (Fsp3) is 0.500. The molecule has 0 bridgehead atoms.